The minimum atomic E-state index is -4.26. The fraction of sp³-hybridized carbons (Fsp3) is 0.531. The van der Waals surface area contributed by atoms with Crippen molar-refractivity contribution in [2.24, 2.45) is 5.92 Å². The zero-order valence-electron chi connectivity index (χ0n) is 26.0. The Morgan fingerprint density at radius 1 is 1.07 bits per heavy atom. The molecule has 0 aliphatic carbocycles. The standard InChI is InChI=1S/C32H38F3N7O2S2/c1-21-23(3-4-29-27(21)15-25(18-36)42(29)14-7-22-5-12-41(13-6-22)46(2,43)44)19-40-10-8-24(9-11-40)39-30-28-16-26(17-32(33,34)35)45-31(28)38-20-37-30/h3-4,15-16,20,22,24H,5-14,17,19H2,1-2H3,(H,37,38,39). The summed E-state index contributed by atoms with van der Waals surface area (Å²) in [4.78, 5) is 11.7. The normalized spacial score (nSPS) is 18.0. The third-order valence-corrected chi connectivity index (χ3v) is 11.8. The van der Waals surface area contributed by atoms with E-state index < -0.39 is 22.6 Å². The van der Waals surface area contributed by atoms with Crippen LogP contribution in [-0.2, 0) is 29.5 Å². The Bertz CT molecular complexity index is 1860. The fourth-order valence-electron chi connectivity index (χ4n) is 6.84. The quantitative estimate of drug-likeness (QED) is 0.230. The van der Waals surface area contributed by atoms with Crippen molar-refractivity contribution >= 4 is 48.3 Å². The molecule has 0 bridgehead atoms. The molecule has 0 saturated carbocycles. The number of thiophene rings is 1. The lowest BCUT2D eigenvalue weighted by atomic mass is 9.94. The number of piperidine rings is 2. The highest BCUT2D eigenvalue weighted by atomic mass is 32.2. The summed E-state index contributed by atoms with van der Waals surface area (Å²) in [5.41, 5.74) is 4.09. The van der Waals surface area contributed by atoms with Gasteiger partial charge in [-0.05, 0) is 74.3 Å². The lowest BCUT2D eigenvalue weighted by molar-refractivity contribution is -0.126. The molecule has 4 aromatic rings. The lowest BCUT2D eigenvalue weighted by Gasteiger charge is -2.33. The van der Waals surface area contributed by atoms with Gasteiger partial charge in [-0.25, -0.2) is 22.7 Å². The Kier molecular flexibility index (Phi) is 9.31. The minimum Gasteiger partial charge on any atom is -0.367 e. The van der Waals surface area contributed by atoms with Crippen molar-refractivity contribution in [3.8, 4) is 6.07 Å². The summed E-state index contributed by atoms with van der Waals surface area (Å²) in [6.45, 7) is 6.49. The number of hydrogen-bond acceptors (Lipinski definition) is 8. The number of halogens is 3. The van der Waals surface area contributed by atoms with Crippen molar-refractivity contribution < 1.29 is 21.6 Å². The van der Waals surface area contributed by atoms with Crippen LogP contribution in [-0.4, -0.2) is 76.8 Å². The first-order valence-electron chi connectivity index (χ1n) is 15.6. The van der Waals surface area contributed by atoms with Gasteiger partial charge >= 0.3 is 6.18 Å². The summed E-state index contributed by atoms with van der Waals surface area (Å²) >= 11 is 1.06. The van der Waals surface area contributed by atoms with Gasteiger partial charge in [0.1, 0.15) is 28.7 Å². The van der Waals surface area contributed by atoms with Crippen molar-refractivity contribution in [3.05, 3.63) is 52.3 Å². The van der Waals surface area contributed by atoms with Crippen LogP contribution in [0, 0.1) is 24.2 Å². The summed E-state index contributed by atoms with van der Waals surface area (Å²) in [5, 5.41) is 15.1. The first-order chi connectivity index (χ1) is 21.9. The van der Waals surface area contributed by atoms with E-state index in [2.05, 4.69) is 49.9 Å². The molecule has 1 N–H and O–H groups in total. The Morgan fingerprint density at radius 2 is 1.80 bits per heavy atom. The minimum absolute atomic E-state index is 0.162. The van der Waals surface area contributed by atoms with E-state index in [-0.39, 0.29) is 10.9 Å². The SMILES string of the molecule is Cc1c(CN2CCC(Nc3ncnc4sc(CC(F)(F)F)cc34)CC2)ccc2c1cc(C#N)n2CCC1CCN(S(C)(=O)=O)CC1. The van der Waals surface area contributed by atoms with Crippen LogP contribution in [0.4, 0.5) is 19.0 Å². The van der Waals surface area contributed by atoms with Crippen LogP contribution in [0.15, 0.2) is 30.6 Å². The number of likely N-dealkylation sites (tertiary alicyclic amines) is 1. The van der Waals surface area contributed by atoms with Gasteiger partial charge in [0, 0.05) is 61.1 Å². The van der Waals surface area contributed by atoms with E-state index in [0.29, 0.717) is 40.7 Å². The van der Waals surface area contributed by atoms with Gasteiger partial charge in [-0.15, -0.1) is 11.3 Å². The highest BCUT2D eigenvalue weighted by molar-refractivity contribution is 7.88. The van der Waals surface area contributed by atoms with E-state index in [1.807, 2.05) is 6.07 Å². The van der Waals surface area contributed by atoms with E-state index in [9.17, 15) is 26.9 Å². The molecule has 246 valence electrons. The second-order valence-electron chi connectivity index (χ2n) is 12.6. The van der Waals surface area contributed by atoms with E-state index >= 15 is 0 Å². The van der Waals surface area contributed by atoms with Crippen LogP contribution >= 0.6 is 11.3 Å². The average Bonchev–Trinajstić information content (AvgIpc) is 3.58. The van der Waals surface area contributed by atoms with E-state index in [1.54, 1.807) is 10.4 Å². The molecule has 14 heteroatoms. The zero-order chi connectivity index (χ0) is 32.6. The molecule has 2 saturated heterocycles. The summed E-state index contributed by atoms with van der Waals surface area (Å²) in [6, 6.07) is 10.4. The Hall–Kier alpha value is -3.25. The third kappa shape index (κ3) is 7.33. The van der Waals surface area contributed by atoms with Crippen molar-refractivity contribution in [2.45, 2.75) is 70.8 Å². The van der Waals surface area contributed by atoms with E-state index in [0.717, 1.165) is 80.5 Å². The largest absolute Gasteiger partial charge is 0.393 e. The monoisotopic (exact) mass is 673 g/mol. The molecule has 1 aromatic carbocycles. The number of hydrogen-bond donors (Lipinski definition) is 1. The van der Waals surface area contributed by atoms with Crippen LogP contribution in [0.5, 0.6) is 0 Å². The maximum Gasteiger partial charge on any atom is 0.393 e. The highest BCUT2D eigenvalue weighted by Crippen LogP contribution is 2.34. The van der Waals surface area contributed by atoms with E-state index in [1.165, 1.54) is 23.7 Å². The summed E-state index contributed by atoms with van der Waals surface area (Å²) in [6.07, 6.45) is 1.78. The van der Waals surface area contributed by atoms with Gasteiger partial charge in [0.05, 0.1) is 18.1 Å². The topological polar surface area (TPSA) is 107 Å². The third-order valence-electron chi connectivity index (χ3n) is 9.46. The van der Waals surface area contributed by atoms with Crippen LogP contribution in [0.3, 0.4) is 0 Å². The van der Waals surface area contributed by atoms with Crippen molar-refractivity contribution in [2.75, 3.05) is 37.8 Å². The summed E-state index contributed by atoms with van der Waals surface area (Å²) in [5.74, 6) is 1.02. The number of sulfonamides is 1. The van der Waals surface area contributed by atoms with Crippen molar-refractivity contribution in [1.29, 1.82) is 5.26 Å². The molecule has 46 heavy (non-hydrogen) atoms. The Morgan fingerprint density at radius 3 is 2.48 bits per heavy atom. The van der Waals surface area contributed by atoms with Gasteiger partial charge in [0.2, 0.25) is 10.0 Å². The number of nitriles is 1. The number of aryl methyl sites for hydroxylation is 2. The number of benzene rings is 1. The van der Waals surface area contributed by atoms with Crippen LogP contribution < -0.4 is 5.32 Å². The first kappa shape index (κ1) is 32.7. The predicted octanol–water partition coefficient (Wildman–Crippen LogP) is 6.07. The number of nitrogens with zero attached hydrogens (tertiary/aromatic N) is 6. The number of aromatic nitrogens is 3. The molecule has 0 amide bonds. The molecule has 6 rings (SSSR count). The second-order valence-corrected chi connectivity index (χ2v) is 15.7. The van der Waals surface area contributed by atoms with Gasteiger partial charge < -0.3 is 9.88 Å². The van der Waals surface area contributed by atoms with Crippen LogP contribution in [0.1, 0.15) is 53.8 Å². The lowest BCUT2D eigenvalue weighted by Crippen LogP contribution is -2.39. The van der Waals surface area contributed by atoms with Gasteiger partial charge in [-0.1, -0.05) is 6.07 Å². The summed E-state index contributed by atoms with van der Waals surface area (Å²) in [7, 11) is -3.15. The second kappa shape index (κ2) is 13.1. The number of fused-ring (bicyclic) bond motifs is 2. The maximum atomic E-state index is 12.9. The molecule has 0 radical (unpaired) electrons. The van der Waals surface area contributed by atoms with Gasteiger partial charge in [-0.2, -0.15) is 18.4 Å². The molecule has 2 aliphatic rings. The molecule has 0 atom stereocenters. The van der Waals surface area contributed by atoms with Gasteiger partial charge in [0.25, 0.3) is 0 Å². The zero-order valence-corrected chi connectivity index (χ0v) is 27.6. The van der Waals surface area contributed by atoms with Gasteiger partial charge in [0.15, 0.2) is 0 Å². The maximum absolute atomic E-state index is 12.9. The molecular weight excluding hydrogens is 636 g/mol. The molecule has 0 unspecified atom stereocenters. The first-order valence-corrected chi connectivity index (χ1v) is 18.3. The molecule has 0 spiro atoms. The molecule has 5 heterocycles. The van der Waals surface area contributed by atoms with Gasteiger partial charge in [-0.3, -0.25) is 4.90 Å². The van der Waals surface area contributed by atoms with Crippen molar-refractivity contribution in [1.82, 2.24) is 23.7 Å². The summed E-state index contributed by atoms with van der Waals surface area (Å²) < 4.78 is 66.2. The van der Waals surface area contributed by atoms with Crippen LogP contribution in [0.2, 0.25) is 0 Å². The predicted molar refractivity (Wildman–Crippen MR) is 174 cm³/mol. The molecule has 2 fully saturated rings. The number of nitrogens with one attached hydrogen (secondary N) is 1. The van der Waals surface area contributed by atoms with E-state index in [4.69, 9.17) is 0 Å². The average molecular weight is 674 g/mol. The molecular formula is C32H38F3N7O2S2. The number of alkyl halides is 3. The fourth-order valence-corrected chi connectivity index (χ4v) is 8.74. The molecule has 2 aliphatic heterocycles. The number of rotatable bonds is 9. The van der Waals surface area contributed by atoms with Crippen molar-refractivity contribution in [3.63, 3.8) is 0 Å². The molecule has 3 aromatic heterocycles. The number of anilines is 1. The Labute approximate surface area is 271 Å². The highest BCUT2D eigenvalue weighted by Gasteiger charge is 2.30. The molecule has 9 nitrogen and oxygen atoms in total. The Balaban J connectivity index is 1.07. The van der Waals surface area contributed by atoms with Crippen LogP contribution in [0.25, 0.3) is 21.1 Å². The smallest absolute Gasteiger partial charge is 0.367 e.